The molecule has 2 aromatic carbocycles. The molecule has 9 heteroatoms. The topological polar surface area (TPSA) is 105 Å². The number of hydrogen-bond acceptors (Lipinski definition) is 6. The number of thioether (sulfide) groups is 1. The fourth-order valence-electron chi connectivity index (χ4n) is 3.12. The van der Waals surface area contributed by atoms with Crippen molar-refractivity contribution in [1.82, 2.24) is 9.21 Å². The third kappa shape index (κ3) is 5.00. The highest BCUT2D eigenvalue weighted by Gasteiger charge is 2.31. The highest BCUT2D eigenvalue weighted by Crippen LogP contribution is 2.21. The summed E-state index contributed by atoms with van der Waals surface area (Å²) < 4.78 is 27.1. The molecule has 0 aliphatic carbocycles. The number of sulfonamides is 1. The number of piperazine rings is 1. The van der Waals surface area contributed by atoms with E-state index in [0.717, 1.165) is 5.56 Å². The van der Waals surface area contributed by atoms with Gasteiger partial charge in [0.15, 0.2) is 0 Å². The number of carbonyl (C=O) groups is 1. The van der Waals surface area contributed by atoms with Crippen LogP contribution in [-0.4, -0.2) is 55.5 Å². The van der Waals surface area contributed by atoms with Crippen molar-refractivity contribution in [1.29, 1.82) is 10.5 Å². The molecule has 0 atom stereocenters. The van der Waals surface area contributed by atoms with Crippen LogP contribution in [-0.2, 0) is 20.6 Å². The van der Waals surface area contributed by atoms with Crippen LogP contribution in [0.1, 0.15) is 16.7 Å². The van der Waals surface area contributed by atoms with E-state index in [2.05, 4.69) is 6.07 Å². The van der Waals surface area contributed by atoms with Crippen LogP contribution in [0.25, 0.3) is 0 Å². The molecule has 2 aromatic rings. The SMILES string of the molecule is N#Cc1ccc(CSCC(=O)N2CCN(S(=O)(=O)c3ccccc3C#N)CC2)cc1. The molecule has 0 spiro atoms. The van der Waals surface area contributed by atoms with Crippen LogP contribution in [0.3, 0.4) is 0 Å². The van der Waals surface area contributed by atoms with E-state index in [4.69, 9.17) is 5.26 Å². The molecule has 0 N–H and O–H groups in total. The number of nitrogens with zero attached hydrogens (tertiary/aromatic N) is 4. The molecule has 1 fully saturated rings. The second-order valence-corrected chi connectivity index (χ2v) is 9.59. The molecule has 1 heterocycles. The smallest absolute Gasteiger partial charge is 0.244 e. The van der Waals surface area contributed by atoms with Crippen LogP contribution in [0.4, 0.5) is 0 Å². The van der Waals surface area contributed by atoms with E-state index in [0.29, 0.717) is 30.2 Å². The number of hydrogen-bond donors (Lipinski definition) is 0. The van der Waals surface area contributed by atoms with E-state index in [1.165, 1.54) is 28.2 Å². The zero-order valence-corrected chi connectivity index (χ0v) is 17.8. The summed E-state index contributed by atoms with van der Waals surface area (Å²) in [5, 5.41) is 18.0. The molecule has 1 amide bonds. The summed E-state index contributed by atoms with van der Waals surface area (Å²) in [6.45, 7) is 1.05. The molecule has 0 unspecified atom stereocenters. The molecule has 0 radical (unpaired) electrons. The Labute approximate surface area is 180 Å². The third-order valence-corrected chi connectivity index (χ3v) is 7.74. The minimum atomic E-state index is -3.77. The van der Waals surface area contributed by atoms with Crippen molar-refractivity contribution in [3.8, 4) is 12.1 Å². The average Bonchev–Trinajstić information content (AvgIpc) is 2.79. The number of nitriles is 2. The Balaban J connectivity index is 1.51. The minimum Gasteiger partial charge on any atom is -0.339 e. The standard InChI is InChI=1S/C21H20N4O3S2/c22-13-17-5-7-18(8-6-17)15-29-16-21(26)24-9-11-25(12-10-24)30(27,28)20-4-2-1-3-19(20)14-23/h1-8H,9-12,15-16H2. The number of amides is 1. The second kappa shape index (κ2) is 9.77. The lowest BCUT2D eigenvalue weighted by atomic mass is 10.2. The summed E-state index contributed by atoms with van der Waals surface area (Å²) in [6, 6.07) is 17.4. The maximum Gasteiger partial charge on any atom is 0.244 e. The van der Waals surface area contributed by atoms with Crippen LogP contribution in [0.2, 0.25) is 0 Å². The number of rotatable bonds is 6. The predicted molar refractivity (Wildman–Crippen MR) is 114 cm³/mol. The van der Waals surface area contributed by atoms with Crippen molar-refractivity contribution in [2.75, 3.05) is 31.9 Å². The maximum absolute atomic E-state index is 12.9. The lowest BCUT2D eigenvalue weighted by molar-refractivity contribution is -0.129. The van der Waals surface area contributed by atoms with Gasteiger partial charge in [-0.25, -0.2) is 8.42 Å². The molecular weight excluding hydrogens is 420 g/mol. The maximum atomic E-state index is 12.9. The molecule has 0 aromatic heterocycles. The van der Waals surface area contributed by atoms with Crippen molar-refractivity contribution in [2.24, 2.45) is 0 Å². The third-order valence-electron chi connectivity index (χ3n) is 4.79. The van der Waals surface area contributed by atoms with Gasteiger partial charge < -0.3 is 4.90 Å². The lowest BCUT2D eigenvalue weighted by Gasteiger charge is -2.34. The first-order chi connectivity index (χ1) is 14.5. The van der Waals surface area contributed by atoms with Crippen LogP contribution in [0.15, 0.2) is 53.4 Å². The minimum absolute atomic E-state index is 0.00486. The van der Waals surface area contributed by atoms with E-state index in [1.54, 1.807) is 29.2 Å². The Morgan fingerprint density at radius 3 is 2.27 bits per heavy atom. The van der Waals surface area contributed by atoms with Gasteiger partial charge in [-0.05, 0) is 29.8 Å². The molecule has 0 saturated carbocycles. The van der Waals surface area contributed by atoms with Gasteiger partial charge in [-0.1, -0.05) is 24.3 Å². The van der Waals surface area contributed by atoms with Crippen molar-refractivity contribution in [2.45, 2.75) is 10.6 Å². The highest BCUT2D eigenvalue weighted by molar-refractivity contribution is 7.99. The first-order valence-corrected chi connectivity index (χ1v) is 11.9. The van der Waals surface area contributed by atoms with Crippen molar-refractivity contribution < 1.29 is 13.2 Å². The van der Waals surface area contributed by atoms with E-state index in [-0.39, 0.29) is 29.5 Å². The van der Waals surface area contributed by atoms with Crippen LogP contribution >= 0.6 is 11.8 Å². The van der Waals surface area contributed by atoms with Gasteiger partial charge in [0.1, 0.15) is 6.07 Å². The zero-order chi connectivity index (χ0) is 21.6. The molecule has 0 bridgehead atoms. The van der Waals surface area contributed by atoms with Gasteiger partial charge in [-0.2, -0.15) is 14.8 Å². The van der Waals surface area contributed by atoms with Gasteiger partial charge in [-0.3, -0.25) is 4.79 Å². The van der Waals surface area contributed by atoms with E-state index in [9.17, 15) is 18.5 Å². The quantitative estimate of drug-likeness (QED) is 0.682. The van der Waals surface area contributed by atoms with Crippen molar-refractivity contribution >= 4 is 27.7 Å². The Morgan fingerprint density at radius 1 is 0.967 bits per heavy atom. The summed E-state index contributed by atoms with van der Waals surface area (Å²) in [7, 11) is -3.77. The largest absolute Gasteiger partial charge is 0.339 e. The highest BCUT2D eigenvalue weighted by atomic mass is 32.2. The van der Waals surface area contributed by atoms with E-state index in [1.807, 2.05) is 18.2 Å². The van der Waals surface area contributed by atoms with Gasteiger partial charge in [0, 0.05) is 31.9 Å². The normalized spacial score (nSPS) is 14.7. The molecule has 3 rings (SSSR count). The summed E-state index contributed by atoms with van der Waals surface area (Å²) in [6.07, 6.45) is 0. The Hall–Kier alpha value is -2.85. The Bertz CT molecular complexity index is 1090. The average molecular weight is 441 g/mol. The molecule has 1 saturated heterocycles. The van der Waals surface area contributed by atoms with E-state index >= 15 is 0 Å². The Morgan fingerprint density at radius 2 is 1.63 bits per heavy atom. The summed E-state index contributed by atoms with van der Waals surface area (Å²) >= 11 is 1.49. The fourth-order valence-corrected chi connectivity index (χ4v) is 5.58. The van der Waals surface area contributed by atoms with Crippen LogP contribution in [0, 0.1) is 22.7 Å². The second-order valence-electron chi connectivity index (χ2n) is 6.69. The molecule has 1 aliphatic rings. The van der Waals surface area contributed by atoms with Gasteiger partial charge in [0.2, 0.25) is 15.9 Å². The fraction of sp³-hybridized carbons (Fsp3) is 0.286. The van der Waals surface area contributed by atoms with E-state index < -0.39 is 10.0 Å². The molecule has 30 heavy (non-hydrogen) atoms. The first-order valence-electron chi connectivity index (χ1n) is 9.29. The number of benzene rings is 2. The van der Waals surface area contributed by atoms with Gasteiger partial charge in [0.05, 0.1) is 27.8 Å². The molecule has 154 valence electrons. The predicted octanol–water partition coefficient (Wildman–Crippen LogP) is 2.20. The van der Waals surface area contributed by atoms with Gasteiger partial charge in [-0.15, -0.1) is 11.8 Å². The first kappa shape index (κ1) is 21.8. The van der Waals surface area contributed by atoms with Crippen LogP contribution in [0.5, 0.6) is 0 Å². The summed E-state index contributed by atoms with van der Waals surface area (Å²) in [4.78, 5) is 14.1. The number of carbonyl (C=O) groups excluding carboxylic acids is 1. The molecule has 1 aliphatic heterocycles. The zero-order valence-electron chi connectivity index (χ0n) is 16.2. The molecule has 7 nitrogen and oxygen atoms in total. The Kier molecular flexibility index (Phi) is 7.11. The summed E-state index contributed by atoms with van der Waals surface area (Å²) in [5.74, 6) is 0.948. The molecular formula is C21H20N4O3S2. The lowest BCUT2D eigenvalue weighted by Crippen LogP contribution is -2.51. The van der Waals surface area contributed by atoms with Gasteiger partial charge in [0.25, 0.3) is 0 Å². The summed E-state index contributed by atoms with van der Waals surface area (Å²) in [5.41, 5.74) is 1.76. The van der Waals surface area contributed by atoms with Crippen molar-refractivity contribution in [3.05, 3.63) is 65.2 Å². The van der Waals surface area contributed by atoms with Crippen molar-refractivity contribution in [3.63, 3.8) is 0 Å². The van der Waals surface area contributed by atoms with Gasteiger partial charge >= 0.3 is 0 Å². The monoisotopic (exact) mass is 440 g/mol. The van der Waals surface area contributed by atoms with Crippen LogP contribution < -0.4 is 0 Å².